The maximum absolute atomic E-state index is 10.6. The van der Waals surface area contributed by atoms with E-state index in [2.05, 4.69) is 5.32 Å². The number of hydrogen-bond acceptors (Lipinski definition) is 6. The van der Waals surface area contributed by atoms with Gasteiger partial charge < -0.3 is 14.8 Å². The summed E-state index contributed by atoms with van der Waals surface area (Å²) in [6.45, 7) is -0.153. The fraction of sp³-hybridized carbons (Fsp3) is 1.00. The summed E-state index contributed by atoms with van der Waals surface area (Å²) in [4.78, 5) is -2.15. The molecule has 3 N–H and O–H groups in total. The zero-order valence-electron chi connectivity index (χ0n) is 7.65. The third kappa shape index (κ3) is 3.80. The molecule has 0 heterocycles. The average molecular weight is 221 g/mol. The van der Waals surface area contributed by atoms with Crippen LogP contribution in [-0.4, -0.2) is 47.8 Å². The van der Waals surface area contributed by atoms with E-state index < -0.39 is 28.2 Å². The number of aliphatic hydroxyl groups excluding tert-OH is 2. The van der Waals surface area contributed by atoms with Crippen LogP contribution in [0.5, 0.6) is 0 Å². The van der Waals surface area contributed by atoms with Gasteiger partial charge in [-0.15, -0.1) is 0 Å². The van der Waals surface area contributed by atoms with Crippen molar-refractivity contribution in [2.24, 2.45) is 0 Å². The molecule has 0 aliphatic carbocycles. The fourth-order valence-electron chi connectivity index (χ4n) is 0.730. The van der Waals surface area contributed by atoms with Crippen molar-refractivity contribution in [1.82, 2.24) is 5.32 Å². The Kier molecular flexibility index (Phi) is 7.87. The van der Waals surface area contributed by atoms with E-state index in [9.17, 15) is 13.0 Å². The van der Waals surface area contributed by atoms with Crippen LogP contribution in [0, 0.1) is 0 Å². The van der Waals surface area contributed by atoms with E-state index in [4.69, 9.17) is 10.2 Å². The quantitative estimate of drug-likeness (QED) is 0.316. The zero-order chi connectivity index (χ0) is 9.83. The molecule has 0 saturated carbocycles. The van der Waals surface area contributed by atoms with Crippen LogP contribution in [0.2, 0.25) is 0 Å². The van der Waals surface area contributed by atoms with Crippen molar-refractivity contribution >= 4 is 10.1 Å². The van der Waals surface area contributed by atoms with Crippen molar-refractivity contribution in [2.75, 3.05) is 19.8 Å². The molecule has 0 aromatic carbocycles. The number of likely N-dealkylation sites (N-methyl/N-ethyl adjacent to an activating group) is 1. The molecule has 0 amide bonds. The Morgan fingerprint density at radius 3 is 1.85 bits per heavy atom. The first-order chi connectivity index (χ1) is 5.43. The molecule has 0 atom stereocenters. The second-order valence-electron chi connectivity index (χ2n) is 2.29. The maximum atomic E-state index is 10.6. The number of nitrogens with one attached hydrogen (secondary N) is 1. The number of rotatable bonds is 5. The third-order valence-electron chi connectivity index (χ3n) is 1.49. The topological polar surface area (TPSA) is 110 Å². The van der Waals surface area contributed by atoms with Gasteiger partial charge in [0.1, 0.15) is 10.1 Å². The summed E-state index contributed by atoms with van der Waals surface area (Å²) in [5.74, 6) is 0. The van der Waals surface area contributed by atoms with Crippen molar-refractivity contribution < 1.29 is 52.7 Å². The van der Waals surface area contributed by atoms with Gasteiger partial charge in [0, 0.05) is 0 Å². The Hall–Kier alpha value is 0.790. The van der Waals surface area contributed by atoms with Crippen molar-refractivity contribution in [3.8, 4) is 0 Å². The molecule has 0 rings (SSSR count). The summed E-state index contributed by atoms with van der Waals surface area (Å²) in [6.07, 6.45) is 0. The Labute approximate surface area is 99.4 Å². The van der Waals surface area contributed by atoms with E-state index in [-0.39, 0.29) is 36.1 Å². The summed E-state index contributed by atoms with van der Waals surface area (Å²) in [7, 11) is -4.75. The standard InChI is InChI=1S/C5H13NO5S.Na/c1-2-6-5(3-7,4-8)12(9,10)11;/h6-8H,2-4H2,1H3,(H,9,10,11);/q;+1/p-1. The molecule has 0 spiro atoms. The van der Waals surface area contributed by atoms with Crippen LogP contribution < -0.4 is 34.9 Å². The van der Waals surface area contributed by atoms with Crippen LogP contribution in [0.1, 0.15) is 6.92 Å². The molecular weight excluding hydrogens is 209 g/mol. The first-order valence-electron chi connectivity index (χ1n) is 3.35. The second kappa shape index (κ2) is 6.31. The molecule has 13 heavy (non-hydrogen) atoms. The Balaban J connectivity index is 0. The first-order valence-corrected chi connectivity index (χ1v) is 4.76. The van der Waals surface area contributed by atoms with Gasteiger partial charge in [-0.1, -0.05) is 6.92 Å². The molecule has 6 nitrogen and oxygen atoms in total. The van der Waals surface area contributed by atoms with Crippen molar-refractivity contribution in [3.05, 3.63) is 0 Å². The van der Waals surface area contributed by atoms with E-state index in [1.807, 2.05) is 0 Å². The van der Waals surface area contributed by atoms with Gasteiger partial charge in [0.05, 0.1) is 13.2 Å². The normalized spacial score (nSPS) is 12.3. The van der Waals surface area contributed by atoms with Crippen molar-refractivity contribution in [1.29, 1.82) is 0 Å². The third-order valence-corrected chi connectivity index (χ3v) is 2.85. The van der Waals surface area contributed by atoms with Crippen molar-refractivity contribution in [2.45, 2.75) is 11.8 Å². The molecule has 74 valence electrons. The smallest absolute Gasteiger partial charge is 0.746 e. The molecule has 8 heteroatoms. The van der Waals surface area contributed by atoms with E-state index in [0.29, 0.717) is 0 Å². The molecule has 0 radical (unpaired) electrons. The zero-order valence-corrected chi connectivity index (χ0v) is 10.5. The van der Waals surface area contributed by atoms with Gasteiger partial charge in [0.2, 0.25) is 0 Å². The first kappa shape index (κ1) is 16.2. The van der Waals surface area contributed by atoms with Gasteiger partial charge in [-0.2, -0.15) is 0 Å². The minimum Gasteiger partial charge on any atom is -0.746 e. The summed E-state index contributed by atoms with van der Waals surface area (Å²) in [5.41, 5.74) is 0. The van der Waals surface area contributed by atoms with Crippen LogP contribution >= 0.6 is 0 Å². The fourth-order valence-corrected chi connectivity index (χ4v) is 1.37. The monoisotopic (exact) mass is 221 g/mol. The van der Waals surface area contributed by atoms with Gasteiger partial charge in [-0.25, -0.2) is 8.42 Å². The van der Waals surface area contributed by atoms with Gasteiger partial charge in [0.25, 0.3) is 0 Å². The summed E-state index contributed by atoms with van der Waals surface area (Å²) in [5, 5.41) is 19.5. The molecule has 0 unspecified atom stereocenters. The van der Waals surface area contributed by atoms with Crippen LogP contribution in [0.15, 0.2) is 0 Å². The molecule has 0 aromatic heterocycles. The SMILES string of the molecule is CCNC(CO)(CO)S(=O)(=O)[O-].[Na+]. The molecule has 0 bridgehead atoms. The Morgan fingerprint density at radius 1 is 1.38 bits per heavy atom. The molecule has 0 aliphatic rings. The van der Waals surface area contributed by atoms with Crippen molar-refractivity contribution in [3.63, 3.8) is 0 Å². The maximum Gasteiger partial charge on any atom is 1.00 e. The van der Waals surface area contributed by atoms with Gasteiger partial charge in [-0.3, -0.25) is 5.32 Å². The van der Waals surface area contributed by atoms with Crippen LogP contribution in [0.25, 0.3) is 0 Å². The Bertz CT molecular complexity index is 225. The number of aliphatic hydroxyl groups is 2. The summed E-state index contributed by atoms with van der Waals surface area (Å²) >= 11 is 0. The predicted molar refractivity (Wildman–Crippen MR) is 40.3 cm³/mol. The van der Waals surface area contributed by atoms with E-state index in [1.54, 1.807) is 6.92 Å². The van der Waals surface area contributed by atoms with E-state index in [0.717, 1.165) is 0 Å². The average Bonchev–Trinajstić information content (AvgIpc) is 1.98. The summed E-state index contributed by atoms with van der Waals surface area (Å²) in [6, 6.07) is 0. The Morgan fingerprint density at radius 2 is 1.77 bits per heavy atom. The van der Waals surface area contributed by atoms with Crippen LogP contribution in [0.4, 0.5) is 0 Å². The molecule has 0 fully saturated rings. The largest absolute Gasteiger partial charge is 1.00 e. The molecule has 0 saturated heterocycles. The predicted octanol–water partition coefficient (Wildman–Crippen LogP) is -5.17. The molecular formula is C5H12NNaO5S. The van der Waals surface area contributed by atoms with Gasteiger partial charge >= 0.3 is 29.6 Å². The van der Waals surface area contributed by atoms with Gasteiger partial charge in [-0.05, 0) is 6.54 Å². The minimum atomic E-state index is -4.75. The second-order valence-corrected chi connectivity index (χ2v) is 3.98. The summed E-state index contributed by atoms with van der Waals surface area (Å²) < 4.78 is 31.7. The molecule has 0 aromatic rings. The van der Waals surface area contributed by atoms with Crippen LogP contribution in [0.3, 0.4) is 0 Å². The van der Waals surface area contributed by atoms with Gasteiger partial charge in [0.15, 0.2) is 4.87 Å². The van der Waals surface area contributed by atoms with E-state index in [1.165, 1.54) is 0 Å². The minimum absolute atomic E-state index is 0. The van der Waals surface area contributed by atoms with Crippen LogP contribution in [-0.2, 0) is 10.1 Å². The number of hydrogen-bond donors (Lipinski definition) is 3. The van der Waals surface area contributed by atoms with E-state index >= 15 is 0 Å². The molecule has 0 aliphatic heterocycles.